The van der Waals surface area contributed by atoms with Gasteiger partial charge in [-0.3, -0.25) is 0 Å². The van der Waals surface area contributed by atoms with Crippen LogP contribution < -0.4 is 10.6 Å². The summed E-state index contributed by atoms with van der Waals surface area (Å²) < 4.78 is 0. The molecule has 33 heavy (non-hydrogen) atoms. The molecule has 0 fully saturated rings. The van der Waals surface area contributed by atoms with Crippen LogP contribution in [-0.4, -0.2) is 29.1 Å². The molecule has 0 radical (unpaired) electrons. The van der Waals surface area contributed by atoms with Gasteiger partial charge in [0.05, 0.1) is 5.69 Å². The molecule has 1 atom stereocenters. The monoisotopic (exact) mass is 487 g/mol. The fraction of sp³-hybridized carbons (Fsp3) is 0.556. The molecule has 0 aliphatic rings. The Morgan fingerprint density at radius 3 is 2.42 bits per heavy atom. The van der Waals surface area contributed by atoms with E-state index in [2.05, 4.69) is 81.4 Å². The van der Waals surface area contributed by atoms with Crippen molar-refractivity contribution in [2.45, 2.75) is 83.6 Å². The number of nitrogens with one attached hydrogen (secondary N) is 2. The van der Waals surface area contributed by atoms with Crippen molar-refractivity contribution in [3.8, 4) is 0 Å². The lowest BCUT2D eigenvalue weighted by molar-refractivity contribution is 0.251. The topological polar surface area (TPSA) is 54.0 Å². The van der Waals surface area contributed by atoms with Crippen molar-refractivity contribution < 1.29 is 4.79 Å². The number of carbonyl (C=O) groups is 1. The van der Waals surface area contributed by atoms with Crippen LogP contribution in [0.2, 0.25) is 0 Å². The zero-order chi connectivity index (χ0) is 24.4. The van der Waals surface area contributed by atoms with E-state index in [1.807, 2.05) is 6.92 Å². The van der Waals surface area contributed by atoms with Gasteiger partial charge in [0.2, 0.25) is 0 Å². The molecule has 2 rings (SSSR count). The van der Waals surface area contributed by atoms with Crippen molar-refractivity contribution in [2.75, 3.05) is 23.4 Å². The predicted molar refractivity (Wildman–Crippen MR) is 146 cm³/mol. The van der Waals surface area contributed by atoms with Crippen LogP contribution in [0.3, 0.4) is 0 Å². The highest BCUT2D eigenvalue weighted by Crippen LogP contribution is 2.35. The van der Waals surface area contributed by atoms with Crippen molar-refractivity contribution in [1.82, 2.24) is 10.3 Å². The van der Waals surface area contributed by atoms with Crippen LogP contribution in [0.15, 0.2) is 34.2 Å². The van der Waals surface area contributed by atoms with Crippen LogP contribution in [0.4, 0.5) is 10.5 Å². The number of hydrogen-bond donors (Lipinski definition) is 2. The first-order valence-electron chi connectivity index (χ1n) is 12.1. The molecule has 4 nitrogen and oxygen atoms in total. The third kappa shape index (κ3) is 8.90. The van der Waals surface area contributed by atoms with Gasteiger partial charge in [-0.15, -0.1) is 23.5 Å². The highest BCUT2D eigenvalue weighted by Gasteiger charge is 2.18. The van der Waals surface area contributed by atoms with E-state index in [1.165, 1.54) is 23.1 Å². The summed E-state index contributed by atoms with van der Waals surface area (Å²) >= 11 is 3.41. The van der Waals surface area contributed by atoms with Gasteiger partial charge in [-0.25, -0.2) is 9.78 Å². The average molecular weight is 488 g/mol. The van der Waals surface area contributed by atoms with Gasteiger partial charge in [-0.2, -0.15) is 0 Å². The van der Waals surface area contributed by atoms with Gasteiger partial charge in [0.15, 0.2) is 0 Å². The number of anilines is 1. The molecule has 0 aliphatic heterocycles. The number of aromatic nitrogens is 1. The lowest BCUT2D eigenvalue weighted by Crippen LogP contribution is -2.33. The maximum atomic E-state index is 13.0. The van der Waals surface area contributed by atoms with Crippen molar-refractivity contribution in [3.05, 3.63) is 46.6 Å². The number of nitrogens with zero attached hydrogens (tertiary/aromatic N) is 1. The fourth-order valence-corrected chi connectivity index (χ4v) is 5.66. The Labute approximate surface area is 209 Å². The summed E-state index contributed by atoms with van der Waals surface area (Å²) in [7, 11) is 0. The summed E-state index contributed by atoms with van der Waals surface area (Å²) in [4.78, 5) is 18.8. The highest BCUT2D eigenvalue weighted by atomic mass is 32.2. The number of urea groups is 1. The molecule has 2 N–H and O–H groups in total. The maximum Gasteiger partial charge on any atom is 0.319 e. The summed E-state index contributed by atoms with van der Waals surface area (Å²) in [6.45, 7) is 15.7. The van der Waals surface area contributed by atoms with Crippen molar-refractivity contribution >= 4 is 35.2 Å². The standard InChI is InChI=1S/C27H41N3OS2/c1-8-32-24-16-21(7)29-26(33-9-2)25(24)30-27(31)28-17-22(12-10-11-18(3)4)23-15-19(5)13-14-20(23)6/h13-16,18,22H,8-12,17H2,1-7H3,(H2,28,30,31). The van der Waals surface area contributed by atoms with E-state index in [-0.39, 0.29) is 6.03 Å². The van der Waals surface area contributed by atoms with Gasteiger partial charge < -0.3 is 10.6 Å². The Morgan fingerprint density at radius 2 is 1.76 bits per heavy atom. The Hall–Kier alpha value is -1.66. The molecule has 2 aromatic rings. The Bertz CT molecular complexity index is 887. The Balaban J connectivity index is 2.17. The summed E-state index contributed by atoms with van der Waals surface area (Å²) in [5, 5.41) is 7.20. The fourth-order valence-electron chi connectivity index (χ4n) is 3.95. The van der Waals surface area contributed by atoms with E-state index in [0.717, 1.165) is 45.7 Å². The van der Waals surface area contributed by atoms with Crippen molar-refractivity contribution in [2.24, 2.45) is 5.92 Å². The minimum absolute atomic E-state index is 0.157. The molecule has 1 aromatic heterocycles. The number of benzene rings is 1. The van der Waals surface area contributed by atoms with Crippen LogP contribution in [-0.2, 0) is 0 Å². The number of rotatable bonds is 12. The molecule has 0 spiro atoms. The van der Waals surface area contributed by atoms with Crippen LogP contribution in [0.25, 0.3) is 0 Å². The van der Waals surface area contributed by atoms with Crippen molar-refractivity contribution in [1.29, 1.82) is 0 Å². The molecule has 6 heteroatoms. The first kappa shape index (κ1) is 27.6. The zero-order valence-corrected chi connectivity index (χ0v) is 23.0. The zero-order valence-electron chi connectivity index (χ0n) is 21.4. The van der Waals surface area contributed by atoms with Gasteiger partial charge in [0.25, 0.3) is 0 Å². The van der Waals surface area contributed by atoms with Gasteiger partial charge in [-0.1, -0.05) is 64.3 Å². The molecule has 0 saturated carbocycles. The van der Waals surface area contributed by atoms with Gasteiger partial charge in [0.1, 0.15) is 5.03 Å². The first-order valence-corrected chi connectivity index (χ1v) is 14.1. The van der Waals surface area contributed by atoms with Crippen LogP contribution >= 0.6 is 23.5 Å². The van der Waals surface area contributed by atoms with E-state index in [0.29, 0.717) is 18.4 Å². The Kier molecular flexibility index (Phi) is 11.6. The molecule has 0 aliphatic carbocycles. The normalized spacial score (nSPS) is 12.1. The van der Waals surface area contributed by atoms with Crippen LogP contribution in [0, 0.1) is 26.7 Å². The molecule has 2 amide bonds. The van der Waals surface area contributed by atoms with E-state index in [1.54, 1.807) is 23.5 Å². The van der Waals surface area contributed by atoms with Crippen LogP contribution in [0.1, 0.15) is 75.3 Å². The van der Waals surface area contributed by atoms with Gasteiger partial charge >= 0.3 is 6.03 Å². The van der Waals surface area contributed by atoms with E-state index in [9.17, 15) is 4.79 Å². The first-order chi connectivity index (χ1) is 15.7. The van der Waals surface area contributed by atoms with Crippen LogP contribution in [0.5, 0.6) is 0 Å². The molecule has 182 valence electrons. The van der Waals surface area contributed by atoms with E-state index in [4.69, 9.17) is 0 Å². The molecule has 1 aromatic carbocycles. The molecule has 0 bridgehead atoms. The number of amides is 2. The second-order valence-corrected chi connectivity index (χ2v) is 11.6. The summed E-state index contributed by atoms with van der Waals surface area (Å²) in [5.41, 5.74) is 5.72. The minimum atomic E-state index is -0.157. The number of aryl methyl sites for hydroxylation is 3. The summed E-state index contributed by atoms with van der Waals surface area (Å²) in [6.07, 6.45) is 3.44. The summed E-state index contributed by atoms with van der Waals surface area (Å²) in [6, 6.07) is 8.55. The second-order valence-electron chi connectivity index (χ2n) is 9.02. The third-order valence-corrected chi connectivity index (χ3v) is 7.39. The molecule has 0 saturated heterocycles. The molecule has 1 unspecified atom stereocenters. The Morgan fingerprint density at radius 1 is 1.03 bits per heavy atom. The van der Waals surface area contributed by atoms with Gasteiger partial charge in [-0.05, 0) is 61.8 Å². The number of pyridine rings is 1. The molecular formula is C27H41N3OS2. The second kappa shape index (κ2) is 13.9. The smallest absolute Gasteiger partial charge is 0.319 e. The van der Waals surface area contributed by atoms with Crippen molar-refractivity contribution in [3.63, 3.8) is 0 Å². The van der Waals surface area contributed by atoms with Gasteiger partial charge in [0, 0.05) is 23.1 Å². The van der Waals surface area contributed by atoms with E-state index >= 15 is 0 Å². The quantitative estimate of drug-likeness (QED) is 0.298. The molecular weight excluding hydrogens is 446 g/mol. The lowest BCUT2D eigenvalue weighted by Gasteiger charge is -2.22. The number of hydrogen-bond acceptors (Lipinski definition) is 4. The average Bonchev–Trinajstić information content (AvgIpc) is 2.75. The number of thioether (sulfide) groups is 2. The number of carbonyl (C=O) groups excluding carboxylic acids is 1. The largest absolute Gasteiger partial charge is 0.337 e. The molecule has 1 heterocycles. The summed E-state index contributed by atoms with van der Waals surface area (Å²) in [5.74, 6) is 2.85. The van der Waals surface area contributed by atoms with E-state index < -0.39 is 0 Å². The maximum absolute atomic E-state index is 13.0. The predicted octanol–water partition coefficient (Wildman–Crippen LogP) is 7.96. The lowest BCUT2D eigenvalue weighted by atomic mass is 9.88. The third-order valence-electron chi connectivity index (χ3n) is 5.62. The SMILES string of the molecule is CCSc1cc(C)nc(SCC)c1NC(=O)NCC(CCCC(C)C)c1cc(C)ccc1C. The minimum Gasteiger partial charge on any atom is -0.337 e. The highest BCUT2D eigenvalue weighted by molar-refractivity contribution is 8.00.